The molecule has 1 heteroatoms. The van der Waals surface area contributed by atoms with E-state index in [1.165, 1.54) is 6.92 Å². The van der Waals surface area contributed by atoms with Gasteiger partial charge in [-0.15, -0.1) is 0 Å². The Balaban J connectivity index is 4.33. The Morgan fingerprint density at radius 2 is 2.10 bits per heavy atom. The molecule has 0 bridgehead atoms. The Labute approximate surface area is 61.8 Å². The van der Waals surface area contributed by atoms with Gasteiger partial charge in [-0.05, 0) is 13.8 Å². The lowest BCUT2D eigenvalue weighted by atomic mass is 10.2. The van der Waals surface area contributed by atoms with Crippen molar-refractivity contribution < 1.29 is 4.79 Å². The van der Waals surface area contributed by atoms with Gasteiger partial charge in [0.2, 0.25) is 0 Å². The summed E-state index contributed by atoms with van der Waals surface area (Å²) in [4.78, 5) is 10.7. The molecule has 0 rings (SSSR count). The lowest BCUT2D eigenvalue weighted by Crippen LogP contribution is -1.90. The van der Waals surface area contributed by atoms with Gasteiger partial charge < -0.3 is 0 Å². The normalized spacial score (nSPS) is 12.0. The zero-order chi connectivity index (χ0) is 7.98. The molecule has 0 saturated carbocycles. The van der Waals surface area contributed by atoms with E-state index < -0.39 is 0 Å². The summed E-state index contributed by atoms with van der Waals surface area (Å²) in [6, 6.07) is 0. The minimum atomic E-state index is 0.0492. The summed E-state index contributed by atoms with van der Waals surface area (Å²) < 4.78 is 0. The quantitative estimate of drug-likeness (QED) is 0.429. The third kappa shape index (κ3) is 3.02. The molecule has 0 saturated heterocycles. The summed E-state index contributed by atoms with van der Waals surface area (Å²) in [6.07, 6.45) is 6.99. The van der Waals surface area contributed by atoms with Gasteiger partial charge in [-0.2, -0.15) is 0 Å². The van der Waals surface area contributed by atoms with Crippen molar-refractivity contribution in [2.45, 2.75) is 13.8 Å². The average Bonchev–Trinajstić information content (AvgIpc) is 1.89. The van der Waals surface area contributed by atoms with Crippen molar-refractivity contribution in [2.75, 3.05) is 0 Å². The molecule has 1 nitrogen and oxygen atoms in total. The summed E-state index contributed by atoms with van der Waals surface area (Å²) >= 11 is 0. The minimum Gasteiger partial charge on any atom is -0.295 e. The van der Waals surface area contributed by atoms with Crippen LogP contribution in [-0.2, 0) is 4.79 Å². The van der Waals surface area contributed by atoms with Gasteiger partial charge in [0.1, 0.15) is 0 Å². The van der Waals surface area contributed by atoms with Crippen LogP contribution in [0.25, 0.3) is 0 Å². The zero-order valence-corrected chi connectivity index (χ0v) is 6.42. The Morgan fingerprint density at radius 1 is 1.50 bits per heavy atom. The highest BCUT2D eigenvalue weighted by Crippen LogP contribution is 1.96. The highest BCUT2D eigenvalue weighted by molar-refractivity contribution is 5.96. The molecular weight excluding hydrogens is 124 g/mol. The smallest absolute Gasteiger partial charge is 0.159 e. The molecule has 0 aromatic carbocycles. The summed E-state index contributed by atoms with van der Waals surface area (Å²) in [5.74, 6) is 0.0492. The van der Waals surface area contributed by atoms with Gasteiger partial charge in [-0.3, -0.25) is 4.79 Å². The monoisotopic (exact) mass is 136 g/mol. The maximum absolute atomic E-state index is 10.7. The van der Waals surface area contributed by atoms with E-state index in [1.807, 2.05) is 19.1 Å². The van der Waals surface area contributed by atoms with Crippen LogP contribution in [0, 0.1) is 0 Å². The molecule has 0 heterocycles. The van der Waals surface area contributed by atoms with Crippen molar-refractivity contribution in [3.05, 3.63) is 36.5 Å². The molecule has 0 spiro atoms. The zero-order valence-electron chi connectivity index (χ0n) is 6.42. The fourth-order valence-electron chi connectivity index (χ4n) is 0.529. The van der Waals surface area contributed by atoms with E-state index in [4.69, 9.17) is 0 Å². The molecule has 0 aromatic heterocycles. The van der Waals surface area contributed by atoms with E-state index in [0.717, 1.165) is 0 Å². The molecule has 0 radical (unpaired) electrons. The summed E-state index contributed by atoms with van der Waals surface area (Å²) in [5, 5.41) is 0. The minimum absolute atomic E-state index is 0.0492. The number of ketones is 1. The Bertz CT molecular complexity index is 185. The lowest BCUT2D eigenvalue weighted by molar-refractivity contribution is -0.113. The van der Waals surface area contributed by atoms with Crippen LogP contribution in [-0.4, -0.2) is 5.78 Å². The largest absolute Gasteiger partial charge is 0.295 e. The van der Waals surface area contributed by atoms with E-state index in [9.17, 15) is 4.79 Å². The van der Waals surface area contributed by atoms with E-state index in [2.05, 4.69) is 6.58 Å². The van der Waals surface area contributed by atoms with E-state index in [1.54, 1.807) is 12.2 Å². The van der Waals surface area contributed by atoms with Gasteiger partial charge in [0, 0.05) is 5.57 Å². The molecule has 0 unspecified atom stereocenters. The van der Waals surface area contributed by atoms with Crippen LogP contribution < -0.4 is 0 Å². The third-order valence-corrected chi connectivity index (χ3v) is 1.09. The van der Waals surface area contributed by atoms with Crippen LogP contribution in [0.1, 0.15) is 13.8 Å². The van der Waals surface area contributed by atoms with E-state index >= 15 is 0 Å². The molecule has 10 heavy (non-hydrogen) atoms. The second-order valence-corrected chi connectivity index (χ2v) is 1.91. The molecule has 0 aromatic rings. The first-order valence-electron chi connectivity index (χ1n) is 3.18. The Hall–Kier alpha value is -1.11. The molecule has 0 atom stereocenters. The highest BCUT2D eigenvalue weighted by atomic mass is 16.1. The molecular formula is C9H12O. The number of allylic oxidation sites excluding steroid dienone is 5. The molecule has 0 amide bonds. The number of rotatable bonds is 3. The van der Waals surface area contributed by atoms with Gasteiger partial charge in [0.15, 0.2) is 5.78 Å². The van der Waals surface area contributed by atoms with Crippen molar-refractivity contribution in [1.29, 1.82) is 0 Å². The van der Waals surface area contributed by atoms with Gasteiger partial charge in [-0.25, -0.2) is 0 Å². The van der Waals surface area contributed by atoms with Crippen LogP contribution in [0.4, 0.5) is 0 Å². The van der Waals surface area contributed by atoms with E-state index in [-0.39, 0.29) is 5.78 Å². The predicted molar refractivity (Wildman–Crippen MR) is 43.8 cm³/mol. The highest BCUT2D eigenvalue weighted by Gasteiger charge is 1.93. The molecule has 0 fully saturated rings. The van der Waals surface area contributed by atoms with Crippen LogP contribution in [0.3, 0.4) is 0 Å². The fourth-order valence-corrected chi connectivity index (χ4v) is 0.529. The van der Waals surface area contributed by atoms with Crippen molar-refractivity contribution in [1.82, 2.24) is 0 Å². The molecule has 54 valence electrons. The van der Waals surface area contributed by atoms with Crippen LogP contribution >= 0.6 is 0 Å². The second-order valence-electron chi connectivity index (χ2n) is 1.91. The molecule has 0 N–H and O–H groups in total. The second kappa shape index (κ2) is 4.74. The first-order valence-corrected chi connectivity index (χ1v) is 3.18. The van der Waals surface area contributed by atoms with Crippen molar-refractivity contribution in [3.8, 4) is 0 Å². The standard InChI is InChI=1S/C9H12O/c1-4-6-7-9(5-2)8(3)10/h4-7H,2H2,1,3H3/b6-4-,9-7+. The number of hydrogen-bond donors (Lipinski definition) is 0. The Morgan fingerprint density at radius 3 is 2.40 bits per heavy atom. The van der Waals surface area contributed by atoms with E-state index in [0.29, 0.717) is 5.57 Å². The van der Waals surface area contributed by atoms with Crippen LogP contribution in [0.5, 0.6) is 0 Å². The summed E-state index contributed by atoms with van der Waals surface area (Å²) in [7, 11) is 0. The number of hydrogen-bond acceptors (Lipinski definition) is 1. The number of carbonyl (C=O) groups excluding carboxylic acids is 1. The maximum atomic E-state index is 10.7. The summed E-state index contributed by atoms with van der Waals surface area (Å²) in [6.45, 7) is 6.94. The molecule has 0 aliphatic heterocycles. The SMILES string of the molecule is C=C/C(=C\C=C/C)C(C)=O. The first-order chi connectivity index (χ1) is 4.72. The first kappa shape index (κ1) is 8.89. The Kier molecular flexibility index (Phi) is 4.21. The number of Topliss-reactive ketones (excluding diaryl/α,β-unsaturated/α-hetero) is 1. The van der Waals surface area contributed by atoms with Crippen molar-refractivity contribution in [3.63, 3.8) is 0 Å². The molecule has 0 aliphatic carbocycles. The van der Waals surface area contributed by atoms with Crippen LogP contribution in [0.15, 0.2) is 36.5 Å². The fraction of sp³-hybridized carbons (Fsp3) is 0.222. The van der Waals surface area contributed by atoms with Gasteiger partial charge in [-0.1, -0.05) is 30.9 Å². The average molecular weight is 136 g/mol. The van der Waals surface area contributed by atoms with Crippen LogP contribution in [0.2, 0.25) is 0 Å². The topological polar surface area (TPSA) is 17.1 Å². The number of carbonyl (C=O) groups is 1. The lowest BCUT2D eigenvalue weighted by Gasteiger charge is -1.89. The third-order valence-electron chi connectivity index (χ3n) is 1.09. The van der Waals surface area contributed by atoms with Crippen molar-refractivity contribution >= 4 is 5.78 Å². The molecule has 0 aliphatic rings. The van der Waals surface area contributed by atoms with Gasteiger partial charge >= 0.3 is 0 Å². The van der Waals surface area contributed by atoms with Gasteiger partial charge in [0.05, 0.1) is 0 Å². The van der Waals surface area contributed by atoms with Crippen molar-refractivity contribution in [2.24, 2.45) is 0 Å². The van der Waals surface area contributed by atoms with Gasteiger partial charge in [0.25, 0.3) is 0 Å². The maximum Gasteiger partial charge on any atom is 0.159 e. The summed E-state index contributed by atoms with van der Waals surface area (Å²) in [5.41, 5.74) is 0.651. The predicted octanol–water partition coefficient (Wildman–Crippen LogP) is 2.26.